The van der Waals surface area contributed by atoms with Crippen molar-refractivity contribution in [1.82, 2.24) is 4.90 Å². The third-order valence-corrected chi connectivity index (χ3v) is 2.91. The van der Waals surface area contributed by atoms with E-state index in [4.69, 9.17) is 4.74 Å². The molecule has 0 unspecified atom stereocenters. The number of rotatable bonds is 4. The zero-order chi connectivity index (χ0) is 14.6. The predicted molar refractivity (Wildman–Crippen MR) is 74.2 cm³/mol. The molecule has 4 nitrogen and oxygen atoms in total. The molecule has 0 aliphatic heterocycles. The lowest BCUT2D eigenvalue weighted by Gasteiger charge is -2.19. The van der Waals surface area contributed by atoms with Crippen LogP contribution in [0.15, 0.2) is 12.1 Å². The predicted octanol–water partition coefficient (Wildman–Crippen LogP) is 2.25. The summed E-state index contributed by atoms with van der Waals surface area (Å²) >= 11 is 0. The standard InChI is InChI=1S/C15H21NO3/c1-6-19-13(17)9-16(5)15(18)14-11(3)7-10(2)8-12(14)4/h7-8H,6,9H2,1-5H3. The maximum absolute atomic E-state index is 12.4. The number of amides is 1. The number of hydrogen-bond acceptors (Lipinski definition) is 3. The van der Waals surface area contributed by atoms with E-state index in [1.54, 1.807) is 14.0 Å². The van der Waals surface area contributed by atoms with Gasteiger partial charge in [0.05, 0.1) is 6.61 Å². The minimum absolute atomic E-state index is 0.0283. The smallest absolute Gasteiger partial charge is 0.325 e. The van der Waals surface area contributed by atoms with Gasteiger partial charge in [0.15, 0.2) is 0 Å². The first kappa shape index (κ1) is 15.2. The fraction of sp³-hybridized carbons (Fsp3) is 0.467. The van der Waals surface area contributed by atoms with Crippen LogP contribution in [0.4, 0.5) is 0 Å². The Kier molecular flexibility index (Phi) is 5.10. The molecule has 1 rings (SSSR count). The number of carbonyl (C=O) groups excluding carboxylic acids is 2. The third kappa shape index (κ3) is 3.81. The lowest BCUT2D eigenvalue weighted by atomic mass is 9.99. The summed E-state index contributed by atoms with van der Waals surface area (Å²) in [5.74, 6) is -0.538. The van der Waals surface area contributed by atoms with E-state index in [-0.39, 0.29) is 18.4 Å². The average molecular weight is 263 g/mol. The van der Waals surface area contributed by atoms with Crippen molar-refractivity contribution < 1.29 is 14.3 Å². The fourth-order valence-corrected chi connectivity index (χ4v) is 2.18. The quantitative estimate of drug-likeness (QED) is 0.783. The van der Waals surface area contributed by atoms with E-state index in [2.05, 4.69) is 0 Å². The van der Waals surface area contributed by atoms with Gasteiger partial charge in [0.25, 0.3) is 5.91 Å². The first-order valence-corrected chi connectivity index (χ1v) is 6.35. The molecule has 0 saturated heterocycles. The number of hydrogen-bond donors (Lipinski definition) is 0. The summed E-state index contributed by atoms with van der Waals surface area (Å²) < 4.78 is 4.85. The highest BCUT2D eigenvalue weighted by molar-refractivity contribution is 5.98. The Morgan fingerprint density at radius 1 is 1.16 bits per heavy atom. The Hall–Kier alpha value is -1.84. The SMILES string of the molecule is CCOC(=O)CN(C)C(=O)c1c(C)cc(C)cc1C. The molecule has 1 aromatic carbocycles. The summed E-state index contributed by atoms with van der Waals surface area (Å²) in [6.45, 7) is 7.85. The van der Waals surface area contributed by atoms with E-state index in [0.29, 0.717) is 12.2 Å². The summed E-state index contributed by atoms with van der Waals surface area (Å²) in [6, 6.07) is 3.94. The van der Waals surface area contributed by atoms with Gasteiger partial charge in [-0.2, -0.15) is 0 Å². The van der Waals surface area contributed by atoms with E-state index in [1.807, 2.05) is 32.9 Å². The second-order valence-corrected chi connectivity index (χ2v) is 4.74. The zero-order valence-corrected chi connectivity index (χ0v) is 12.2. The van der Waals surface area contributed by atoms with Gasteiger partial charge in [0.2, 0.25) is 0 Å². The van der Waals surface area contributed by atoms with Crippen molar-refractivity contribution in [3.63, 3.8) is 0 Å². The molecule has 0 aliphatic carbocycles. The Morgan fingerprint density at radius 3 is 2.16 bits per heavy atom. The molecule has 0 spiro atoms. The van der Waals surface area contributed by atoms with Gasteiger partial charge in [-0.25, -0.2) is 0 Å². The van der Waals surface area contributed by atoms with E-state index < -0.39 is 0 Å². The van der Waals surface area contributed by atoms with E-state index >= 15 is 0 Å². The van der Waals surface area contributed by atoms with Gasteiger partial charge in [0, 0.05) is 12.6 Å². The summed E-state index contributed by atoms with van der Waals surface area (Å²) in [5.41, 5.74) is 3.65. The number of nitrogens with zero attached hydrogens (tertiary/aromatic N) is 1. The molecule has 0 saturated carbocycles. The topological polar surface area (TPSA) is 46.6 Å². The van der Waals surface area contributed by atoms with E-state index in [0.717, 1.165) is 16.7 Å². The molecule has 0 fully saturated rings. The van der Waals surface area contributed by atoms with Crippen LogP contribution >= 0.6 is 0 Å². The molecule has 104 valence electrons. The first-order chi connectivity index (χ1) is 8.86. The Morgan fingerprint density at radius 2 is 1.68 bits per heavy atom. The summed E-state index contributed by atoms with van der Waals surface area (Å²) in [6.07, 6.45) is 0. The van der Waals surface area contributed by atoms with Crippen LogP contribution in [-0.4, -0.2) is 37.0 Å². The van der Waals surface area contributed by atoms with Crippen molar-refractivity contribution in [2.75, 3.05) is 20.2 Å². The van der Waals surface area contributed by atoms with Crippen molar-refractivity contribution in [1.29, 1.82) is 0 Å². The minimum atomic E-state index is -0.388. The number of carbonyl (C=O) groups is 2. The Balaban J connectivity index is 2.91. The van der Waals surface area contributed by atoms with Crippen LogP contribution in [0, 0.1) is 20.8 Å². The molecule has 0 aromatic heterocycles. The molecular formula is C15H21NO3. The van der Waals surface area contributed by atoms with E-state index in [1.165, 1.54) is 4.90 Å². The van der Waals surface area contributed by atoms with Crippen LogP contribution in [0.25, 0.3) is 0 Å². The highest BCUT2D eigenvalue weighted by Gasteiger charge is 2.19. The van der Waals surface area contributed by atoms with Crippen LogP contribution in [0.5, 0.6) is 0 Å². The van der Waals surface area contributed by atoms with Crippen molar-refractivity contribution in [3.05, 3.63) is 34.4 Å². The molecule has 0 radical (unpaired) electrons. The molecule has 4 heteroatoms. The van der Waals surface area contributed by atoms with Crippen LogP contribution in [-0.2, 0) is 9.53 Å². The first-order valence-electron chi connectivity index (χ1n) is 6.35. The number of benzene rings is 1. The maximum atomic E-state index is 12.4. The van der Waals surface area contributed by atoms with Gasteiger partial charge < -0.3 is 9.64 Å². The number of esters is 1. The van der Waals surface area contributed by atoms with Crippen LogP contribution in [0.1, 0.15) is 34.0 Å². The molecule has 19 heavy (non-hydrogen) atoms. The molecule has 0 aliphatic rings. The number of ether oxygens (including phenoxy) is 1. The maximum Gasteiger partial charge on any atom is 0.325 e. The molecule has 1 amide bonds. The normalized spacial score (nSPS) is 10.2. The van der Waals surface area contributed by atoms with Gasteiger partial charge in [0.1, 0.15) is 6.54 Å². The number of aryl methyl sites for hydroxylation is 3. The van der Waals surface area contributed by atoms with Crippen molar-refractivity contribution >= 4 is 11.9 Å². The van der Waals surface area contributed by atoms with Crippen molar-refractivity contribution in [2.45, 2.75) is 27.7 Å². The largest absolute Gasteiger partial charge is 0.465 e. The third-order valence-electron chi connectivity index (χ3n) is 2.91. The number of likely N-dealkylation sites (N-methyl/N-ethyl adjacent to an activating group) is 1. The second-order valence-electron chi connectivity index (χ2n) is 4.74. The molecular weight excluding hydrogens is 242 g/mol. The Bertz CT molecular complexity index is 471. The van der Waals surface area contributed by atoms with Crippen LogP contribution in [0.3, 0.4) is 0 Å². The molecule has 0 heterocycles. The second kappa shape index (κ2) is 6.36. The lowest BCUT2D eigenvalue weighted by Crippen LogP contribution is -2.33. The van der Waals surface area contributed by atoms with Crippen LogP contribution < -0.4 is 0 Å². The summed E-state index contributed by atoms with van der Waals surface area (Å²) in [4.78, 5) is 25.1. The highest BCUT2D eigenvalue weighted by Crippen LogP contribution is 2.18. The average Bonchev–Trinajstić information content (AvgIpc) is 2.27. The van der Waals surface area contributed by atoms with Crippen molar-refractivity contribution in [3.8, 4) is 0 Å². The van der Waals surface area contributed by atoms with Gasteiger partial charge in [-0.1, -0.05) is 17.7 Å². The van der Waals surface area contributed by atoms with E-state index in [9.17, 15) is 9.59 Å². The molecule has 1 aromatic rings. The van der Waals surface area contributed by atoms with Gasteiger partial charge in [-0.3, -0.25) is 9.59 Å². The van der Waals surface area contributed by atoms with Gasteiger partial charge >= 0.3 is 5.97 Å². The van der Waals surface area contributed by atoms with Gasteiger partial charge in [-0.05, 0) is 38.8 Å². The van der Waals surface area contributed by atoms with Crippen molar-refractivity contribution in [2.24, 2.45) is 0 Å². The molecule has 0 bridgehead atoms. The summed E-state index contributed by atoms with van der Waals surface area (Å²) in [7, 11) is 1.61. The fourth-order valence-electron chi connectivity index (χ4n) is 2.18. The molecule has 0 N–H and O–H groups in total. The van der Waals surface area contributed by atoms with Gasteiger partial charge in [-0.15, -0.1) is 0 Å². The van der Waals surface area contributed by atoms with Crippen LogP contribution in [0.2, 0.25) is 0 Å². The zero-order valence-electron chi connectivity index (χ0n) is 12.2. The molecule has 0 atom stereocenters. The lowest BCUT2D eigenvalue weighted by molar-refractivity contribution is -0.143. The summed E-state index contributed by atoms with van der Waals surface area (Å²) in [5, 5.41) is 0. The monoisotopic (exact) mass is 263 g/mol. The Labute approximate surface area is 114 Å². The highest BCUT2D eigenvalue weighted by atomic mass is 16.5. The minimum Gasteiger partial charge on any atom is -0.465 e.